The van der Waals surface area contributed by atoms with Crippen LogP contribution in [0.3, 0.4) is 0 Å². The molecule has 1 aliphatic heterocycles. The van der Waals surface area contributed by atoms with Crippen LogP contribution in [0, 0.1) is 6.92 Å². The van der Waals surface area contributed by atoms with Crippen molar-refractivity contribution in [3.63, 3.8) is 0 Å². The molecule has 2 amide bonds. The number of nitrogens with one attached hydrogen (secondary N) is 1. The lowest BCUT2D eigenvalue weighted by Gasteiger charge is -2.33. The molecule has 2 unspecified atom stereocenters. The van der Waals surface area contributed by atoms with E-state index in [2.05, 4.69) is 10.3 Å². The summed E-state index contributed by atoms with van der Waals surface area (Å²) >= 11 is 1.33. The van der Waals surface area contributed by atoms with Crippen molar-refractivity contribution in [3.8, 4) is 0 Å². The molecule has 0 radical (unpaired) electrons. The average molecular weight is 283 g/mol. The molecule has 0 bridgehead atoms. The molecule has 1 saturated heterocycles. The number of aromatic nitrogens is 1. The van der Waals surface area contributed by atoms with Crippen LogP contribution in [-0.2, 0) is 9.59 Å². The minimum atomic E-state index is -0.597. The minimum Gasteiger partial charge on any atom is -0.388 e. The van der Waals surface area contributed by atoms with Crippen molar-refractivity contribution in [1.29, 1.82) is 0 Å². The first-order chi connectivity index (χ1) is 8.93. The second kappa shape index (κ2) is 5.26. The number of nitrogens with zero attached hydrogens (tertiary/aromatic N) is 2. The molecule has 2 heterocycles. The first kappa shape index (κ1) is 14.0. The first-order valence-corrected chi connectivity index (χ1v) is 7.01. The number of anilines is 1. The number of aryl methyl sites for hydroxylation is 1. The number of imide groups is 1. The predicted molar refractivity (Wildman–Crippen MR) is 72.1 cm³/mol. The molecule has 104 valence electrons. The van der Waals surface area contributed by atoms with Crippen LogP contribution < -0.4 is 10.2 Å². The standard InChI is InChI=1S/C12H17N3O3S/c1-4-8-11(18)14-9(17)5-15(8)12-13-6(2)10(19-12)7(3)16/h7-8,16H,4-5H2,1-3H3,(H,14,17,18). The van der Waals surface area contributed by atoms with E-state index in [1.54, 1.807) is 11.8 Å². The molecule has 1 aromatic rings. The number of aliphatic hydroxyl groups is 1. The summed E-state index contributed by atoms with van der Waals surface area (Å²) < 4.78 is 0. The highest BCUT2D eigenvalue weighted by Gasteiger charge is 2.34. The van der Waals surface area contributed by atoms with Crippen molar-refractivity contribution in [3.05, 3.63) is 10.6 Å². The van der Waals surface area contributed by atoms with Crippen LogP contribution in [0.1, 0.15) is 36.9 Å². The monoisotopic (exact) mass is 283 g/mol. The molecule has 1 aliphatic rings. The fourth-order valence-electron chi connectivity index (χ4n) is 2.18. The maximum Gasteiger partial charge on any atom is 0.249 e. The third kappa shape index (κ3) is 2.62. The van der Waals surface area contributed by atoms with Crippen molar-refractivity contribution in [2.45, 2.75) is 39.3 Å². The number of rotatable bonds is 3. The number of amides is 2. The SMILES string of the molecule is CCC1C(=O)NC(=O)CN1c1nc(C)c(C(C)O)s1. The highest BCUT2D eigenvalue weighted by Crippen LogP contribution is 2.32. The van der Waals surface area contributed by atoms with E-state index in [-0.39, 0.29) is 24.4 Å². The zero-order chi connectivity index (χ0) is 14.2. The van der Waals surface area contributed by atoms with Crippen molar-refractivity contribution >= 4 is 28.3 Å². The van der Waals surface area contributed by atoms with E-state index in [1.165, 1.54) is 11.3 Å². The Morgan fingerprint density at radius 2 is 2.26 bits per heavy atom. The van der Waals surface area contributed by atoms with Gasteiger partial charge in [0.2, 0.25) is 11.8 Å². The van der Waals surface area contributed by atoms with Crippen molar-refractivity contribution in [2.75, 3.05) is 11.4 Å². The fourth-order valence-corrected chi connectivity index (χ4v) is 3.23. The summed E-state index contributed by atoms with van der Waals surface area (Å²) in [5.41, 5.74) is 0.739. The summed E-state index contributed by atoms with van der Waals surface area (Å²) in [5, 5.41) is 12.6. The van der Waals surface area contributed by atoms with Gasteiger partial charge in [-0.2, -0.15) is 0 Å². The quantitative estimate of drug-likeness (QED) is 0.800. The molecule has 0 aromatic carbocycles. The Kier molecular flexibility index (Phi) is 3.86. The smallest absolute Gasteiger partial charge is 0.249 e. The molecule has 7 heteroatoms. The summed E-state index contributed by atoms with van der Waals surface area (Å²) in [4.78, 5) is 30.2. The number of carbonyl (C=O) groups excluding carboxylic acids is 2. The number of hydrogen-bond donors (Lipinski definition) is 2. The first-order valence-electron chi connectivity index (χ1n) is 6.19. The Morgan fingerprint density at radius 1 is 1.58 bits per heavy atom. The molecule has 0 spiro atoms. The van der Waals surface area contributed by atoms with Gasteiger partial charge in [0.15, 0.2) is 5.13 Å². The lowest BCUT2D eigenvalue weighted by Crippen LogP contribution is -2.58. The summed E-state index contributed by atoms with van der Waals surface area (Å²) in [6.45, 7) is 5.50. The van der Waals surface area contributed by atoms with Gasteiger partial charge in [0.1, 0.15) is 12.6 Å². The molecule has 1 aromatic heterocycles. The van der Waals surface area contributed by atoms with Crippen molar-refractivity contribution < 1.29 is 14.7 Å². The maximum absolute atomic E-state index is 11.8. The molecule has 6 nitrogen and oxygen atoms in total. The lowest BCUT2D eigenvalue weighted by molar-refractivity contribution is -0.132. The molecule has 2 N–H and O–H groups in total. The summed E-state index contributed by atoms with van der Waals surface area (Å²) in [7, 11) is 0. The highest BCUT2D eigenvalue weighted by molar-refractivity contribution is 7.15. The van der Waals surface area contributed by atoms with Crippen LogP contribution in [0.5, 0.6) is 0 Å². The Morgan fingerprint density at radius 3 is 2.79 bits per heavy atom. The summed E-state index contributed by atoms with van der Waals surface area (Å²) in [6.07, 6.45) is 0.00234. The molecule has 19 heavy (non-hydrogen) atoms. The third-order valence-corrected chi connectivity index (χ3v) is 4.45. The van der Waals surface area contributed by atoms with E-state index < -0.39 is 6.10 Å². The van der Waals surface area contributed by atoms with Crippen LogP contribution in [0.25, 0.3) is 0 Å². The van der Waals surface area contributed by atoms with Gasteiger partial charge in [0.05, 0.1) is 16.7 Å². The Bertz CT molecular complexity index is 512. The molecule has 0 saturated carbocycles. The number of hydrogen-bond acceptors (Lipinski definition) is 6. The van der Waals surface area contributed by atoms with Crippen LogP contribution in [0.4, 0.5) is 5.13 Å². The van der Waals surface area contributed by atoms with E-state index in [4.69, 9.17) is 0 Å². The zero-order valence-corrected chi connectivity index (χ0v) is 12.0. The molecular weight excluding hydrogens is 266 g/mol. The zero-order valence-electron chi connectivity index (χ0n) is 11.1. The van der Waals surface area contributed by atoms with Crippen molar-refractivity contribution in [2.24, 2.45) is 0 Å². The molecule has 2 rings (SSSR count). The topological polar surface area (TPSA) is 82.5 Å². The summed E-state index contributed by atoms with van der Waals surface area (Å²) in [6, 6.07) is -0.384. The van der Waals surface area contributed by atoms with Gasteiger partial charge >= 0.3 is 0 Å². The van der Waals surface area contributed by atoms with Gasteiger partial charge in [-0.1, -0.05) is 18.3 Å². The van der Waals surface area contributed by atoms with Gasteiger partial charge in [-0.15, -0.1) is 0 Å². The summed E-state index contributed by atoms with van der Waals surface area (Å²) in [5.74, 6) is -0.605. The van der Waals surface area contributed by atoms with Gasteiger partial charge in [0.25, 0.3) is 0 Å². The van der Waals surface area contributed by atoms with Gasteiger partial charge in [-0.05, 0) is 20.3 Å². The van der Waals surface area contributed by atoms with E-state index >= 15 is 0 Å². The van der Waals surface area contributed by atoms with Crippen LogP contribution in [-0.4, -0.2) is 34.5 Å². The second-order valence-corrected chi connectivity index (χ2v) is 5.60. The van der Waals surface area contributed by atoms with Crippen LogP contribution in [0.2, 0.25) is 0 Å². The number of carbonyl (C=O) groups is 2. The molecule has 1 fully saturated rings. The second-order valence-electron chi connectivity index (χ2n) is 4.59. The highest BCUT2D eigenvalue weighted by atomic mass is 32.1. The van der Waals surface area contributed by atoms with Gasteiger partial charge < -0.3 is 10.0 Å². The minimum absolute atomic E-state index is 0.121. The largest absolute Gasteiger partial charge is 0.388 e. The van der Waals surface area contributed by atoms with Crippen LogP contribution in [0.15, 0.2) is 0 Å². The molecule has 2 atom stereocenters. The Labute approximate surface area is 115 Å². The Balaban J connectivity index is 2.35. The lowest BCUT2D eigenvalue weighted by atomic mass is 10.1. The fraction of sp³-hybridized carbons (Fsp3) is 0.583. The third-order valence-electron chi connectivity index (χ3n) is 3.09. The van der Waals surface area contributed by atoms with E-state index in [0.717, 1.165) is 10.6 Å². The predicted octanol–water partition coefficient (Wildman–Crippen LogP) is 0.746. The van der Waals surface area contributed by atoms with Gasteiger partial charge in [-0.25, -0.2) is 4.98 Å². The Hall–Kier alpha value is -1.47. The molecule has 0 aliphatic carbocycles. The maximum atomic E-state index is 11.8. The number of piperazine rings is 1. The van der Waals surface area contributed by atoms with Gasteiger partial charge in [-0.3, -0.25) is 14.9 Å². The normalized spacial score (nSPS) is 21.5. The molecular formula is C12H17N3O3S. The van der Waals surface area contributed by atoms with Crippen molar-refractivity contribution in [1.82, 2.24) is 10.3 Å². The van der Waals surface area contributed by atoms with E-state index in [9.17, 15) is 14.7 Å². The van der Waals surface area contributed by atoms with E-state index in [1.807, 2.05) is 13.8 Å². The van der Waals surface area contributed by atoms with Crippen LogP contribution >= 0.6 is 11.3 Å². The van der Waals surface area contributed by atoms with Gasteiger partial charge in [0, 0.05) is 0 Å². The van der Waals surface area contributed by atoms with E-state index in [0.29, 0.717) is 11.6 Å². The number of thiazole rings is 1. The average Bonchev–Trinajstić information content (AvgIpc) is 2.70. The number of aliphatic hydroxyl groups excluding tert-OH is 1.